The lowest BCUT2D eigenvalue weighted by molar-refractivity contribution is -0.479. The molecular formula is C18H36I3N3. The highest BCUT2D eigenvalue weighted by Gasteiger charge is 2.37. The van der Waals surface area contributed by atoms with E-state index >= 15 is 0 Å². The largest absolute Gasteiger partial charge is 1.00 e. The molecule has 0 aliphatic rings. The molecule has 0 spiro atoms. The Morgan fingerprint density at radius 1 is 0.458 bits per heavy atom. The Bertz CT molecular complexity index is 461. The van der Waals surface area contributed by atoms with Gasteiger partial charge in [0, 0.05) is 16.7 Å². The van der Waals surface area contributed by atoms with Gasteiger partial charge in [-0.25, -0.2) is 0 Å². The molecule has 0 bridgehead atoms. The summed E-state index contributed by atoms with van der Waals surface area (Å²) in [7, 11) is 0. The molecule has 0 aliphatic heterocycles. The van der Waals surface area contributed by atoms with E-state index in [0.717, 1.165) is 0 Å². The van der Waals surface area contributed by atoms with Gasteiger partial charge in [-0.15, -0.1) is 0 Å². The number of rotatable bonds is 3. The third kappa shape index (κ3) is 6.17. The van der Waals surface area contributed by atoms with Gasteiger partial charge in [-0.2, -0.15) is 0 Å². The molecule has 0 saturated heterocycles. The van der Waals surface area contributed by atoms with Gasteiger partial charge in [-0.1, -0.05) is 0 Å². The monoisotopic (exact) mass is 675 g/mol. The number of hydrogen-bond donors (Lipinski definition) is 3. The van der Waals surface area contributed by atoms with Crippen molar-refractivity contribution in [2.24, 2.45) is 0 Å². The van der Waals surface area contributed by atoms with E-state index in [9.17, 15) is 0 Å². The molecule has 0 amide bonds. The fraction of sp³-hybridized carbons (Fsp3) is 0.667. The van der Waals surface area contributed by atoms with E-state index in [1.165, 1.54) is 33.4 Å². The summed E-state index contributed by atoms with van der Waals surface area (Å²) in [6, 6.07) is 0. The summed E-state index contributed by atoms with van der Waals surface area (Å²) in [5.41, 5.74) is 20.9. The Balaban J connectivity index is -0.00000147. The van der Waals surface area contributed by atoms with E-state index in [1.807, 2.05) is 0 Å². The summed E-state index contributed by atoms with van der Waals surface area (Å²) in [6.45, 7) is 19.8. The molecule has 24 heavy (non-hydrogen) atoms. The van der Waals surface area contributed by atoms with Crippen LogP contribution in [0.5, 0.6) is 0 Å². The number of benzene rings is 1. The third-order valence-electron chi connectivity index (χ3n) is 4.28. The highest BCUT2D eigenvalue weighted by Crippen LogP contribution is 2.38. The zero-order chi connectivity index (χ0) is 17.0. The molecule has 6 heteroatoms. The summed E-state index contributed by atoms with van der Waals surface area (Å²) >= 11 is 0. The number of halogens is 3. The van der Waals surface area contributed by atoms with Gasteiger partial charge < -0.3 is 89.1 Å². The first kappa shape index (κ1) is 30.0. The minimum atomic E-state index is -0.123. The Morgan fingerprint density at radius 2 is 0.583 bits per heavy atom. The highest BCUT2D eigenvalue weighted by atomic mass is 127. The van der Waals surface area contributed by atoms with Crippen LogP contribution >= 0.6 is 0 Å². The molecule has 144 valence electrons. The van der Waals surface area contributed by atoms with Crippen molar-refractivity contribution < 1.29 is 89.1 Å². The van der Waals surface area contributed by atoms with Gasteiger partial charge in [-0.3, -0.25) is 0 Å². The first-order valence-corrected chi connectivity index (χ1v) is 7.81. The minimum Gasteiger partial charge on any atom is -1.00 e. The Kier molecular flexibility index (Phi) is 11.9. The molecular weight excluding hydrogens is 639 g/mol. The fourth-order valence-corrected chi connectivity index (χ4v) is 4.26. The summed E-state index contributed by atoms with van der Waals surface area (Å²) in [4.78, 5) is 0. The molecule has 3 nitrogen and oxygen atoms in total. The minimum absolute atomic E-state index is 0. The van der Waals surface area contributed by atoms with Crippen molar-refractivity contribution in [3.05, 3.63) is 33.4 Å². The summed E-state index contributed by atoms with van der Waals surface area (Å²) < 4.78 is 0. The van der Waals surface area contributed by atoms with E-state index in [0.29, 0.717) is 0 Å². The van der Waals surface area contributed by atoms with Crippen molar-refractivity contribution >= 4 is 0 Å². The van der Waals surface area contributed by atoms with Crippen molar-refractivity contribution in [2.45, 2.75) is 78.9 Å². The summed E-state index contributed by atoms with van der Waals surface area (Å²) in [5.74, 6) is 0. The zero-order valence-corrected chi connectivity index (χ0v) is 23.2. The molecule has 0 heterocycles. The van der Waals surface area contributed by atoms with Crippen LogP contribution in [0.3, 0.4) is 0 Å². The van der Waals surface area contributed by atoms with Gasteiger partial charge in [0.15, 0.2) is 0 Å². The predicted molar refractivity (Wildman–Crippen MR) is 88.4 cm³/mol. The van der Waals surface area contributed by atoms with Gasteiger partial charge in [0.2, 0.25) is 0 Å². The molecule has 1 rings (SSSR count). The molecule has 0 fully saturated rings. The van der Waals surface area contributed by atoms with Crippen molar-refractivity contribution in [2.75, 3.05) is 0 Å². The van der Waals surface area contributed by atoms with E-state index in [-0.39, 0.29) is 88.5 Å². The number of quaternary nitrogens is 3. The SMILES string of the molecule is Cc1c(C(C)(C)[NH3+])c(C)c(C(C)(C)[NH3+])c(C)c1C(C)(C)[NH3+].[I-].[I-].[I-]. The molecule has 0 aromatic heterocycles. The van der Waals surface area contributed by atoms with E-state index in [2.05, 4.69) is 79.5 Å². The van der Waals surface area contributed by atoms with E-state index in [1.54, 1.807) is 0 Å². The normalized spacial score (nSPS) is 12.0. The lowest BCUT2D eigenvalue weighted by Crippen LogP contribution is -3.00. The lowest BCUT2D eigenvalue weighted by atomic mass is 9.72. The molecule has 0 radical (unpaired) electrons. The Labute approximate surface area is 199 Å². The molecule has 1 aromatic carbocycles. The van der Waals surface area contributed by atoms with Gasteiger partial charge in [-0.05, 0) is 79.0 Å². The van der Waals surface area contributed by atoms with Crippen molar-refractivity contribution in [3.63, 3.8) is 0 Å². The van der Waals surface area contributed by atoms with Crippen molar-refractivity contribution in [1.29, 1.82) is 0 Å². The smallest absolute Gasteiger partial charge is 0.115 e. The third-order valence-corrected chi connectivity index (χ3v) is 4.28. The highest BCUT2D eigenvalue weighted by molar-refractivity contribution is 5.55. The second-order valence-electron chi connectivity index (χ2n) is 8.65. The van der Waals surface area contributed by atoms with Gasteiger partial charge in [0.25, 0.3) is 0 Å². The topological polar surface area (TPSA) is 82.9 Å². The summed E-state index contributed by atoms with van der Waals surface area (Å²) in [5, 5.41) is 0. The van der Waals surface area contributed by atoms with E-state index < -0.39 is 0 Å². The maximum atomic E-state index is 4.40. The second-order valence-corrected chi connectivity index (χ2v) is 8.65. The average Bonchev–Trinajstić information content (AvgIpc) is 2.07. The maximum Gasteiger partial charge on any atom is 0.115 e. The standard InChI is InChI=1S/C18H33N3.3HI/c1-10-13(16(4,5)19)11(2)15(18(8,9)21)12(3)14(10)17(6,7)20;;;/h19-21H2,1-9H3;3*1H. The van der Waals surface area contributed by atoms with Crippen LogP contribution in [0, 0.1) is 20.8 Å². The van der Waals surface area contributed by atoms with Crippen LogP contribution < -0.4 is 89.1 Å². The molecule has 9 N–H and O–H groups in total. The van der Waals surface area contributed by atoms with Gasteiger partial charge in [0.1, 0.15) is 16.6 Å². The van der Waals surface area contributed by atoms with Crippen molar-refractivity contribution in [1.82, 2.24) is 0 Å². The predicted octanol–water partition coefficient (Wildman–Crippen LogP) is -7.95. The first-order valence-electron chi connectivity index (χ1n) is 7.81. The fourth-order valence-electron chi connectivity index (χ4n) is 4.26. The first-order chi connectivity index (χ1) is 9.10. The molecule has 0 atom stereocenters. The molecule has 0 aliphatic carbocycles. The zero-order valence-electron chi connectivity index (χ0n) is 16.8. The maximum absolute atomic E-state index is 4.40. The Hall–Kier alpha value is 1.29. The van der Waals surface area contributed by atoms with Crippen LogP contribution in [0.25, 0.3) is 0 Å². The summed E-state index contributed by atoms with van der Waals surface area (Å²) in [6.07, 6.45) is 0. The van der Waals surface area contributed by atoms with Gasteiger partial charge in [0.05, 0.1) is 0 Å². The number of hydrogen-bond acceptors (Lipinski definition) is 0. The van der Waals surface area contributed by atoms with Crippen LogP contribution in [0.1, 0.15) is 74.9 Å². The lowest BCUT2D eigenvalue weighted by Gasteiger charge is -2.33. The quantitative estimate of drug-likeness (QED) is 0.267. The second kappa shape index (κ2) is 9.48. The molecule has 1 aromatic rings. The van der Waals surface area contributed by atoms with Crippen molar-refractivity contribution in [3.8, 4) is 0 Å². The molecule has 0 saturated carbocycles. The van der Waals surface area contributed by atoms with Gasteiger partial charge >= 0.3 is 0 Å². The van der Waals surface area contributed by atoms with E-state index in [4.69, 9.17) is 0 Å². The van der Waals surface area contributed by atoms with Crippen LogP contribution in [-0.2, 0) is 16.6 Å². The van der Waals surface area contributed by atoms with Crippen LogP contribution in [0.15, 0.2) is 0 Å². The average molecular weight is 675 g/mol. The van der Waals surface area contributed by atoms with Crippen LogP contribution in [-0.4, -0.2) is 0 Å². The van der Waals surface area contributed by atoms with Crippen LogP contribution in [0.2, 0.25) is 0 Å². The Morgan fingerprint density at radius 3 is 0.667 bits per heavy atom. The van der Waals surface area contributed by atoms with Crippen LogP contribution in [0.4, 0.5) is 0 Å². The molecule has 0 unspecified atom stereocenters.